The van der Waals surface area contributed by atoms with Crippen molar-refractivity contribution in [1.82, 2.24) is 0 Å². The molecule has 0 aromatic rings. The number of methoxy groups -OCH3 is 1. The van der Waals surface area contributed by atoms with Gasteiger partial charge < -0.3 is 24.8 Å². The van der Waals surface area contributed by atoms with Crippen molar-refractivity contribution in [1.29, 1.82) is 0 Å². The van der Waals surface area contributed by atoms with Gasteiger partial charge in [-0.15, -0.1) is 0 Å². The normalized spacial score (nSPS) is 49.2. The van der Waals surface area contributed by atoms with Gasteiger partial charge >= 0.3 is 0 Å². The summed E-state index contributed by atoms with van der Waals surface area (Å²) in [6.45, 7) is 1.60. The molecule has 1 aliphatic rings. The van der Waals surface area contributed by atoms with Gasteiger partial charge in [0, 0.05) is 7.11 Å². The van der Waals surface area contributed by atoms with E-state index in [9.17, 15) is 15.3 Å². The van der Waals surface area contributed by atoms with Crippen LogP contribution in [0, 0.1) is 0 Å². The standard InChI is InChI=1S/C7H14O5/c1-3-4(8)5(9)6(10)7(11-2)12-3/h3-10H,1-2H3/t3?,4-,5+,6-,7-/m1/s1. The van der Waals surface area contributed by atoms with Gasteiger partial charge in [-0.3, -0.25) is 0 Å². The van der Waals surface area contributed by atoms with Crippen molar-refractivity contribution in [3.63, 3.8) is 0 Å². The number of aliphatic hydroxyl groups is 3. The van der Waals surface area contributed by atoms with Gasteiger partial charge in [-0.25, -0.2) is 0 Å². The minimum atomic E-state index is -1.21. The van der Waals surface area contributed by atoms with E-state index in [2.05, 4.69) is 0 Å². The average Bonchev–Trinajstić information content (AvgIpc) is 2.08. The first kappa shape index (κ1) is 9.88. The van der Waals surface area contributed by atoms with E-state index in [-0.39, 0.29) is 0 Å². The van der Waals surface area contributed by atoms with E-state index in [0.29, 0.717) is 0 Å². The second kappa shape index (κ2) is 3.68. The lowest BCUT2D eigenvalue weighted by Crippen LogP contribution is -2.57. The number of ether oxygens (including phenoxy) is 2. The summed E-state index contributed by atoms with van der Waals surface area (Å²) in [4.78, 5) is 0. The van der Waals surface area contributed by atoms with Crippen molar-refractivity contribution < 1.29 is 24.8 Å². The Labute approximate surface area is 70.5 Å². The van der Waals surface area contributed by atoms with Gasteiger partial charge in [0.15, 0.2) is 6.29 Å². The summed E-state index contributed by atoms with van der Waals surface area (Å²) in [5, 5.41) is 27.8. The Morgan fingerprint density at radius 2 is 1.67 bits per heavy atom. The SMILES string of the molecule is CO[C@@H]1OC(C)[C@@H](O)[C@H](O)[C@H]1O. The third kappa shape index (κ3) is 1.60. The van der Waals surface area contributed by atoms with E-state index < -0.39 is 30.7 Å². The lowest BCUT2D eigenvalue weighted by atomic mass is 10.0. The summed E-state index contributed by atoms with van der Waals surface area (Å²) < 4.78 is 9.80. The fourth-order valence-electron chi connectivity index (χ4n) is 1.21. The highest BCUT2D eigenvalue weighted by Crippen LogP contribution is 2.20. The van der Waals surface area contributed by atoms with Gasteiger partial charge in [0.2, 0.25) is 0 Å². The minimum absolute atomic E-state index is 0.534. The fourth-order valence-corrected chi connectivity index (χ4v) is 1.21. The number of hydrogen-bond donors (Lipinski definition) is 3. The Hall–Kier alpha value is -0.200. The lowest BCUT2D eigenvalue weighted by Gasteiger charge is -2.38. The fraction of sp³-hybridized carbons (Fsp3) is 1.00. The molecule has 0 radical (unpaired) electrons. The summed E-state index contributed by atoms with van der Waals surface area (Å²) in [5.41, 5.74) is 0. The molecule has 5 heteroatoms. The third-order valence-corrected chi connectivity index (χ3v) is 2.04. The van der Waals surface area contributed by atoms with Crippen LogP contribution in [-0.2, 0) is 9.47 Å². The molecule has 5 atom stereocenters. The zero-order valence-corrected chi connectivity index (χ0v) is 7.04. The van der Waals surface area contributed by atoms with Gasteiger partial charge in [-0.2, -0.15) is 0 Å². The second-order valence-electron chi connectivity index (χ2n) is 2.92. The zero-order valence-electron chi connectivity index (χ0n) is 7.04. The van der Waals surface area contributed by atoms with Gasteiger partial charge in [0.25, 0.3) is 0 Å². The molecule has 72 valence electrons. The van der Waals surface area contributed by atoms with E-state index in [1.54, 1.807) is 6.92 Å². The molecular weight excluding hydrogens is 164 g/mol. The van der Waals surface area contributed by atoms with Crippen LogP contribution >= 0.6 is 0 Å². The van der Waals surface area contributed by atoms with Crippen LogP contribution in [0.5, 0.6) is 0 Å². The highest BCUT2D eigenvalue weighted by Gasteiger charge is 2.41. The highest BCUT2D eigenvalue weighted by molar-refractivity contribution is 4.86. The maximum atomic E-state index is 9.27. The molecule has 1 aliphatic heterocycles. The first-order chi connectivity index (χ1) is 5.57. The first-order valence-electron chi connectivity index (χ1n) is 3.80. The van der Waals surface area contributed by atoms with Crippen molar-refractivity contribution >= 4 is 0 Å². The molecule has 3 N–H and O–H groups in total. The topological polar surface area (TPSA) is 79.2 Å². The van der Waals surface area contributed by atoms with Crippen LogP contribution in [0.25, 0.3) is 0 Å². The molecule has 0 amide bonds. The monoisotopic (exact) mass is 178 g/mol. The van der Waals surface area contributed by atoms with Crippen molar-refractivity contribution in [2.45, 2.75) is 37.6 Å². The summed E-state index contributed by atoms with van der Waals surface area (Å²) in [6, 6.07) is 0. The van der Waals surface area contributed by atoms with Gasteiger partial charge in [-0.1, -0.05) is 0 Å². The summed E-state index contributed by atoms with van der Waals surface area (Å²) in [5.74, 6) is 0. The molecule has 12 heavy (non-hydrogen) atoms. The highest BCUT2D eigenvalue weighted by atomic mass is 16.7. The maximum absolute atomic E-state index is 9.27. The van der Waals surface area contributed by atoms with Crippen LogP contribution in [0.15, 0.2) is 0 Å². The molecule has 5 nitrogen and oxygen atoms in total. The lowest BCUT2D eigenvalue weighted by molar-refractivity contribution is -0.286. The Balaban J connectivity index is 2.63. The van der Waals surface area contributed by atoms with Crippen LogP contribution in [0.2, 0.25) is 0 Å². The number of rotatable bonds is 1. The summed E-state index contributed by atoms with van der Waals surface area (Å²) in [7, 11) is 1.37. The smallest absolute Gasteiger partial charge is 0.186 e. The Morgan fingerprint density at radius 3 is 2.17 bits per heavy atom. The molecule has 0 saturated carbocycles. The van der Waals surface area contributed by atoms with E-state index in [1.807, 2.05) is 0 Å². The number of aliphatic hydroxyl groups excluding tert-OH is 3. The van der Waals surface area contributed by atoms with Crippen molar-refractivity contribution in [3.8, 4) is 0 Å². The molecule has 0 bridgehead atoms. The summed E-state index contributed by atoms with van der Waals surface area (Å²) >= 11 is 0. The Morgan fingerprint density at radius 1 is 1.08 bits per heavy atom. The van der Waals surface area contributed by atoms with Crippen LogP contribution in [0.3, 0.4) is 0 Å². The van der Waals surface area contributed by atoms with E-state index >= 15 is 0 Å². The molecule has 1 heterocycles. The third-order valence-electron chi connectivity index (χ3n) is 2.04. The largest absolute Gasteiger partial charge is 0.388 e. The van der Waals surface area contributed by atoms with Crippen molar-refractivity contribution in [3.05, 3.63) is 0 Å². The van der Waals surface area contributed by atoms with Gasteiger partial charge in [0.1, 0.15) is 18.3 Å². The molecule has 1 unspecified atom stereocenters. The Kier molecular flexibility index (Phi) is 3.03. The molecule has 0 aromatic heterocycles. The van der Waals surface area contributed by atoms with Gasteiger partial charge in [0.05, 0.1) is 6.10 Å². The average molecular weight is 178 g/mol. The van der Waals surface area contributed by atoms with Crippen molar-refractivity contribution in [2.24, 2.45) is 0 Å². The second-order valence-corrected chi connectivity index (χ2v) is 2.92. The van der Waals surface area contributed by atoms with E-state index in [0.717, 1.165) is 0 Å². The predicted octanol–water partition coefficient (Wildman–Crippen LogP) is -1.54. The van der Waals surface area contributed by atoms with Crippen molar-refractivity contribution in [2.75, 3.05) is 7.11 Å². The van der Waals surface area contributed by atoms with Crippen LogP contribution in [0.4, 0.5) is 0 Å². The molecule has 0 aliphatic carbocycles. The zero-order chi connectivity index (χ0) is 9.30. The molecule has 1 fully saturated rings. The first-order valence-corrected chi connectivity index (χ1v) is 3.80. The minimum Gasteiger partial charge on any atom is -0.388 e. The molecule has 1 saturated heterocycles. The van der Waals surface area contributed by atoms with Crippen LogP contribution in [-0.4, -0.2) is 53.1 Å². The van der Waals surface area contributed by atoms with Crippen LogP contribution < -0.4 is 0 Å². The molecule has 0 aromatic carbocycles. The number of hydrogen-bond acceptors (Lipinski definition) is 5. The molecular formula is C7H14O5. The van der Waals surface area contributed by atoms with E-state index in [4.69, 9.17) is 9.47 Å². The Bertz CT molecular complexity index is 146. The van der Waals surface area contributed by atoms with Gasteiger partial charge in [-0.05, 0) is 6.92 Å². The molecule has 1 rings (SSSR count). The summed E-state index contributed by atoms with van der Waals surface area (Å²) in [6.07, 6.45) is -4.86. The van der Waals surface area contributed by atoms with Crippen LogP contribution in [0.1, 0.15) is 6.92 Å². The quantitative estimate of drug-likeness (QED) is 0.453. The van der Waals surface area contributed by atoms with E-state index in [1.165, 1.54) is 7.11 Å². The molecule has 0 spiro atoms. The predicted molar refractivity (Wildman–Crippen MR) is 39.4 cm³/mol. The maximum Gasteiger partial charge on any atom is 0.186 e.